The molecule has 3 N–H and O–H groups in total. The number of aromatic nitrogens is 3. The first-order valence-electron chi connectivity index (χ1n) is 6.77. The average molecular weight is 267 g/mol. The van der Waals surface area contributed by atoms with Crippen molar-refractivity contribution in [3.63, 3.8) is 0 Å². The highest BCUT2D eigenvalue weighted by Gasteiger charge is 2.14. The predicted molar refractivity (Wildman–Crippen MR) is 72.1 cm³/mol. The van der Waals surface area contributed by atoms with Crippen LogP contribution in [-0.4, -0.2) is 40.8 Å². The van der Waals surface area contributed by atoms with Crippen LogP contribution >= 0.6 is 0 Å². The Morgan fingerprint density at radius 2 is 2.26 bits per heavy atom. The van der Waals surface area contributed by atoms with Crippen LogP contribution in [0.4, 0.5) is 11.9 Å². The van der Waals surface area contributed by atoms with Crippen LogP contribution in [0, 0.1) is 0 Å². The Labute approximate surface area is 112 Å². The van der Waals surface area contributed by atoms with Crippen LogP contribution in [0.1, 0.15) is 32.6 Å². The van der Waals surface area contributed by atoms with Crippen LogP contribution in [0.3, 0.4) is 0 Å². The molecule has 0 amide bonds. The summed E-state index contributed by atoms with van der Waals surface area (Å²) in [5.41, 5.74) is 5.63. The van der Waals surface area contributed by atoms with Gasteiger partial charge in [0, 0.05) is 13.2 Å². The highest BCUT2D eigenvalue weighted by Crippen LogP contribution is 2.14. The van der Waals surface area contributed by atoms with Gasteiger partial charge < -0.3 is 20.5 Å². The largest absolute Gasteiger partial charge is 0.463 e. The molecule has 7 nitrogen and oxygen atoms in total. The topological polar surface area (TPSA) is 95.2 Å². The molecular weight excluding hydrogens is 246 g/mol. The van der Waals surface area contributed by atoms with Crippen molar-refractivity contribution in [1.82, 2.24) is 15.0 Å². The van der Waals surface area contributed by atoms with E-state index >= 15 is 0 Å². The van der Waals surface area contributed by atoms with Gasteiger partial charge in [0.1, 0.15) is 0 Å². The number of nitrogens with one attached hydrogen (secondary N) is 1. The Balaban J connectivity index is 1.89. The fourth-order valence-corrected chi connectivity index (χ4v) is 1.88. The number of nitrogens with zero attached hydrogens (tertiary/aromatic N) is 3. The lowest BCUT2D eigenvalue weighted by molar-refractivity contribution is 0.0246. The van der Waals surface area contributed by atoms with E-state index in [-0.39, 0.29) is 18.1 Å². The monoisotopic (exact) mass is 267 g/mol. The van der Waals surface area contributed by atoms with E-state index in [4.69, 9.17) is 15.2 Å². The molecule has 2 heterocycles. The number of rotatable bonds is 6. The Bertz CT molecular complexity index is 396. The van der Waals surface area contributed by atoms with Gasteiger partial charge in [0.15, 0.2) is 0 Å². The maximum absolute atomic E-state index is 5.63. The average Bonchev–Trinajstić information content (AvgIpc) is 2.43. The van der Waals surface area contributed by atoms with E-state index in [1.54, 1.807) is 0 Å². The molecule has 7 heteroatoms. The van der Waals surface area contributed by atoms with E-state index < -0.39 is 0 Å². The van der Waals surface area contributed by atoms with Crippen molar-refractivity contribution in [2.75, 3.05) is 30.8 Å². The molecule has 1 aromatic heterocycles. The molecule has 1 aliphatic rings. The van der Waals surface area contributed by atoms with E-state index in [9.17, 15) is 0 Å². The van der Waals surface area contributed by atoms with Crippen LogP contribution in [0.2, 0.25) is 0 Å². The summed E-state index contributed by atoms with van der Waals surface area (Å²) in [6.07, 6.45) is 4.52. The number of hydrogen-bond donors (Lipinski definition) is 2. The lowest BCUT2D eigenvalue weighted by Crippen LogP contribution is -2.27. The lowest BCUT2D eigenvalue weighted by Gasteiger charge is -2.22. The fourth-order valence-electron chi connectivity index (χ4n) is 1.88. The van der Waals surface area contributed by atoms with Crippen LogP contribution in [0.5, 0.6) is 6.01 Å². The Hall–Kier alpha value is -1.63. The van der Waals surface area contributed by atoms with E-state index in [2.05, 4.69) is 20.3 Å². The highest BCUT2D eigenvalue weighted by molar-refractivity contribution is 5.32. The standard InChI is InChI=1S/C12H21N5O2/c1-2-6-19-12-16-10(13)15-11(17-12)14-8-9-5-3-4-7-18-9/h9H,2-8H2,1H3,(H3,13,14,15,16,17). The van der Waals surface area contributed by atoms with Gasteiger partial charge in [-0.3, -0.25) is 0 Å². The first-order valence-corrected chi connectivity index (χ1v) is 6.77. The van der Waals surface area contributed by atoms with Gasteiger partial charge in [-0.1, -0.05) is 6.92 Å². The number of anilines is 2. The third-order valence-electron chi connectivity index (χ3n) is 2.83. The van der Waals surface area contributed by atoms with E-state index in [1.165, 1.54) is 6.42 Å². The first kappa shape index (κ1) is 13.8. The second kappa shape index (κ2) is 7.08. The number of hydrogen-bond acceptors (Lipinski definition) is 7. The molecule has 2 rings (SSSR count). The van der Waals surface area contributed by atoms with Crippen molar-refractivity contribution in [2.45, 2.75) is 38.7 Å². The molecule has 1 aromatic rings. The summed E-state index contributed by atoms with van der Waals surface area (Å²) >= 11 is 0. The van der Waals surface area contributed by atoms with Crippen LogP contribution in [-0.2, 0) is 4.74 Å². The molecular formula is C12H21N5O2. The van der Waals surface area contributed by atoms with Gasteiger partial charge in [0.2, 0.25) is 11.9 Å². The lowest BCUT2D eigenvalue weighted by atomic mass is 10.1. The third kappa shape index (κ3) is 4.51. The minimum atomic E-state index is 0.160. The first-order chi connectivity index (χ1) is 9.28. The molecule has 0 saturated carbocycles. The molecule has 0 spiro atoms. The zero-order chi connectivity index (χ0) is 13.5. The van der Waals surface area contributed by atoms with Crippen molar-refractivity contribution < 1.29 is 9.47 Å². The molecule has 0 aliphatic carbocycles. The molecule has 19 heavy (non-hydrogen) atoms. The van der Waals surface area contributed by atoms with Gasteiger partial charge in [0.25, 0.3) is 0 Å². The summed E-state index contributed by atoms with van der Waals surface area (Å²) in [7, 11) is 0. The zero-order valence-corrected chi connectivity index (χ0v) is 11.3. The maximum atomic E-state index is 5.63. The van der Waals surface area contributed by atoms with Gasteiger partial charge in [-0.05, 0) is 25.7 Å². The maximum Gasteiger partial charge on any atom is 0.323 e. The summed E-state index contributed by atoms with van der Waals surface area (Å²) < 4.78 is 11.0. The highest BCUT2D eigenvalue weighted by atomic mass is 16.5. The Morgan fingerprint density at radius 3 is 3.00 bits per heavy atom. The molecule has 1 saturated heterocycles. The second-order valence-electron chi connectivity index (χ2n) is 4.52. The summed E-state index contributed by atoms with van der Waals surface area (Å²) in [4.78, 5) is 12.1. The van der Waals surface area contributed by atoms with E-state index in [0.29, 0.717) is 19.1 Å². The second-order valence-corrected chi connectivity index (χ2v) is 4.52. The van der Waals surface area contributed by atoms with Gasteiger partial charge in [-0.25, -0.2) is 0 Å². The third-order valence-corrected chi connectivity index (χ3v) is 2.83. The van der Waals surface area contributed by atoms with Crippen molar-refractivity contribution in [3.05, 3.63) is 0 Å². The molecule has 1 aliphatic heterocycles. The quantitative estimate of drug-likeness (QED) is 0.800. The van der Waals surface area contributed by atoms with Gasteiger partial charge >= 0.3 is 6.01 Å². The molecule has 106 valence electrons. The smallest absolute Gasteiger partial charge is 0.323 e. The SMILES string of the molecule is CCCOc1nc(N)nc(NCC2CCCCO2)n1. The number of nitrogen functional groups attached to an aromatic ring is 1. The molecule has 0 radical (unpaired) electrons. The van der Waals surface area contributed by atoms with Crippen LogP contribution in [0.15, 0.2) is 0 Å². The molecule has 1 fully saturated rings. The van der Waals surface area contributed by atoms with Crippen molar-refractivity contribution >= 4 is 11.9 Å². The fraction of sp³-hybridized carbons (Fsp3) is 0.750. The minimum absolute atomic E-state index is 0.160. The van der Waals surface area contributed by atoms with Gasteiger partial charge in [-0.2, -0.15) is 15.0 Å². The van der Waals surface area contributed by atoms with E-state index in [1.807, 2.05) is 6.92 Å². The molecule has 0 aromatic carbocycles. The predicted octanol–water partition coefficient (Wildman–Crippen LogP) is 1.22. The minimum Gasteiger partial charge on any atom is -0.463 e. The molecule has 0 bridgehead atoms. The van der Waals surface area contributed by atoms with Crippen LogP contribution in [0.25, 0.3) is 0 Å². The van der Waals surface area contributed by atoms with E-state index in [0.717, 1.165) is 25.9 Å². The zero-order valence-electron chi connectivity index (χ0n) is 11.3. The van der Waals surface area contributed by atoms with Gasteiger partial charge in [0.05, 0.1) is 12.7 Å². The Kier molecular flexibility index (Phi) is 5.14. The molecule has 1 unspecified atom stereocenters. The number of ether oxygens (including phenoxy) is 2. The summed E-state index contributed by atoms with van der Waals surface area (Å²) in [5.74, 6) is 0.598. The van der Waals surface area contributed by atoms with Crippen molar-refractivity contribution in [2.24, 2.45) is 0 Å². The summed E-state index contributed by atoms with van der Waals surface area (Å²) in [6, 6.07) is 0.265. The van der Waals surface area contributed by atoms with Crippen LogP contribution < -0.4 is 15.8 Å². The normalized spacial score (nSPS) is 19.1. The van der Waals surface area contributed by atoms with Gasteiger partial charge in [-0.15, -0.1) is 0 Å². The summed E-state index contributed by atoms with van der Waals surface area (Å²) in [5, 5.41) is 3.12. The van der Waals surface area contributed by atoms with Crippen molar-refractivity contribution in [3.8, 4) is 6.01 Å². The van der Waals surface area contributed by atoms with Crippen molar-refractivity contribution in [1.29, 1.82) is 0 Å². The Morgan fingerprint density at radius 1 is 1.37 bits per heavy atom. The number of nitrogens with two attached hydrogens (primary N) is 1. The summed E-state index contributed by atoms with van der Waals surface area (Å²) in [6.45, 7) is 4.09. The molecule has 1 atom stereocenters.